The van der Waals surface area contributed by atoms with Crippen LogP contribution in [-0.4, -0.2) is 44.0 Å². The van der Waals surface area contributed by atoms with Gasteiger partial charge in [-0.1, -0.05) is 18.9 Å². The predicted molar refractivity (Wildman–Crippen MR) is 95.8 cm³/mol. The third-order valence-corrected chi connectivity index (χ3v) is 4.04. The lowest BCUT2D eigenvalue weighted by atomic mass is 10.2. The van der Waals surface area contributed by atoms with E-state index in [0.29, 0.717) is 24.1 Å². The van der Waals surface area contributed by atoms with Gasteiger partial charge in [0.1, 0.15) is 6.61 Å². The van der Waals surface area contributed by atoms with Gasteiger partial charge in [-0.15, -0.1) is 0 Å². The monoisotopic (exact) mass is 335 g/mol. The fourth-order valence-corrected chi connectivity index (χ4v) is 2.84. The summed E-state index contributed by atoms with van der Waals surface area (Å²) in [6, 6.07) is 6.29. The van der Waals surface area contributed by atoms with E-state index in [0.717, 1.165) is 18.1 Å². The molecule has 0 radical (unpaired) electrons. The first-order valence-corrected chi connectivity index (χ1v) is 8.72. The standard InChI is InChI=1S/C18H29N3O3/c1-3-19-18(21-15-6-4-5-7-15)20-13-14-8-9-16(24-11-10-22)17(12-14)23-2/h8-9,12,15,22H,3-7,10-11,13H2,1-2H3,(H2,19,20,21). The van der Waals surface area contributed by atoms with E-state index < -0.39 is 0 Å². The average Bonchev–Trinajstić information content (AvgIpc) is 3.11. The maximum atomic E-state index is 8.86. The van der Waals surface area contributed by atoms with E-state index in [2.05, 4.69) is 22.5 Å². The van der Waals surface area contributed by atoms with Crippen LogP contribution in [0.4, 0.5) is 0 Å². The maximum absolute atomic E-state index is 8.86. The molecule has 0 atom stereocenters. The molecule has 1 aliphatic carbocycles. The lowest BCUT2D eigenvalue weighted by Crippen LogP contribution is -2.42. The van der Waals surface area contributed by atoms with Crippen molar-refractivity contribution in [1.29, 1.82) is 0 Å². The van der Waals surface area contributed by atoms with Gasteiger partial charge in [-0.2, -0.15) is 0 Å². The largest absolute Gasteiger partial charge is 0.493 e. The van der Waals surface area contributed by atoms with Crippen molar-refractivity contribution in [3.63, 3.8) is 0 Å². The van der Waals surface area contributed by atoms with E-state index in [-0.39, 0.29) is 13.2 Å². The summed E-state index contributed by atoms with van der Waals surface area (Å²) in [5.74, 6) is 2.16. The molecule has 2 rings (SSSR count). The number of methoxy groups -OCH3 is 1. The molecule has 1 aromatic rings. The summed E-state index contributed by atoms with van der Waals surface area (Å²) in [6.07, 6.45) is 5.03. The van der Waals surface area contributed by atoms with E-state index in [9.17, 15) is 0 Å². The second kappa shape index (κ2) is 10.0. The first kappa shape index (κ1) is 18.4. The number of nitrogens with zero attached hydrogens (tertiary/aromatic N) is 1. The third kappa shape index (κ3) is 5.60. The van der Waals surface area contributed by atoms with Gasteiger partial charge in [-0.25, -0.2) is 4.99 Å². The molecule has 0 heterocycles. The first-order chi connectivity index (χ1) is 11.8. The number of aliphatic hydroxyl groups is 1. The predicted octanol–water partition coefficient (Wildman–Crippen LogP) is 2.06. The van der Waals surface area contributed by atoms with Gasteiger partial charge in [0.2, 0.25) is 0 Å². The molecule has 0 amide bonds. The van der Waals surface area contributed by atoms with Crippen LogP contribution < -0.4 is 20.1 Å². The quantitative estimate of drug-likeness (QED) is 0.501. The zero-order valence-corrected chi connectivity index (χ0v) is 14.7. The van der Waals surface area contributed by atoms with Crippen molar-refractivity contribution in [2.75, 3.05) is 26.9 Å². The molecule has 1 aromatic carbocycles. The van der Waals surface area contributed by atoms with Gasteiger partial charge >= 0.3 is 0 Å². The highest BCUT2D eigenvalue weighted by molar-refractivity contribution is 5.80. The number of hydrogen-bond donors (Lipinski definition) is 3. The number of rotatable bonds is 8. The number of hydrogen-bond acceptors (Lipinski definition) is 4. The Morgan fingerprint density at radius 2 is 2.08 bits per heavy atom. The van der Waals surface area contributed by atoms with E-state index in [1.807, 2.05) is 18.2 Å². The van der Waals surface area contributed by atoms with Gasteiger partial charge in [-0.05, 0) is 37.5 Å². The number of benzene rings is 1. The fourth-order valence-electron chi connectivity index (χ4n) is 2.84. The molecule has 134 valence electrons. The molecular weight excluding hydrogens is 306 g/mol. The molecule has 0 bridgehead atoms. The van der Waals surface area contributed by atoms with E-state index >= 15 is 0 Å². The lowest BCUT2D eigenvalue weighted by Gasteiger charge is -2.16. The molecule has 24 heavy (non-hydrogen) atoms. The molecule has 0 spiro atoms. The maximum Gasteiger partial charge on any atom is 0.191 e. The molecule has 0 saturated heterocycles. The summed E-state index contributed by atoms with van der Waals surface area (Å²) in [7, 11) is 1.61. The van der Waals surface area contributed by atoms with Crippen LogP contribution in [0.3, 0.4) is 0 Å². The van der Waals surface area contributed by atoms with Crippen molar-refractivity contribution in [1.82, 2.24) is 10.6 Å². The molecular formula is C18H29N3O3. The highest BCUT2D eigenvalue weighted by atomic mass is 16.5. The third-order valence-electron chi connectivity index (χ3n) is 4.04. The summed E-state index contributed by atoms with van der Waals surface area (Å²) in [6.45, 7) is 3.72. The Morgan fingerprint density at radius 1 is 1.29 bits per heavy atom. The van der Waals surface area contributed by atoms with Crippen LogP contribution in [0.1, 0.15) is 38.2 Å². The zero-order chi connectivity index (χ0) is 17.2. The Hall–Kier alpha value is -1.95. The van der Waals surface area contributed by atoms with Gasteiger partial charge in [0.15, 0.2) is 17.5 Å². The van der Waals surface area contributed by atoms with Crippen molar-refractivity contribution >= 4 is 5.96 Å². The van der Waals surface area contributed by atoms with Crippen LogP contribution in [0.15, 0.2) is 23.2 Å². The molecule has 6 nitrogen and oxygen atoms in total. The Labute approximate surface area is 144 Å². The van der Waals surface area contributed by atoms with Crippen molar-refractivity contribution in [3.05, 3.63) is 23.8 Å². The van der Waals surface area contributed by atoms with Crippen LogP contribution in [0.25, 0.3) is 0 Å². The normalized spacial score (nSPS) is 15.4. The van der Waals surface area contributed by atoms with Crippen molar-refractivity contribution < 1.29 is 14.6 Å². The smallest absolute Gasteiger partial charge is 0.191 e. The fraction of sp³-hybridized carbons (Fsp3) is 0.611. The van der Waals surface area contributed by atoms with Gasteiger partial charge in [0, 0.05) is 12.6 Å². The van der Waals surface area contributed by atoms with Crippen LogP contribution in [-0.2, 0) is 6.54 Å². The summed E-state index contributed by atoms with van der Waals surface area (Å²) in [4.78, 5) is 4.67. The highest BCUT2D eigenvalue weighted by Crippen LogP contribution is 2.28. The van der Waals surface area contributed by atoms with E-state index in [1.165, 1.54) is 25.7 Å². The van der Waals surface area contributed by atoms with Crippen LogP contribution in [0, 0.1) is 0 Å². The van der Waals surface area contributed by atoms with Crippen LogP contribution in [0.2, 0.25) is 0 Å². The van der Waals surface area contributed by atoms with Crippen molar-refractivity contribution in [3.8, 4) is 11.5 Å². The molecule has 0 aromatic heterocycles. The lowest BCUT2D eigenvalue weighted by molar-refractivity contribution is 0.196. The second-order valence-electron chi connectivity index (χ2n) is 5.88. The molecule has 6 heteroatoms. The minimum absolute atomic E-state index is 0.0198. The molecule has 0 aliphatic heterocycles. The van der Waals surface area contributed by atoms with E-state index in [1.54, 1.807) is 7.11 Å². The van der Waals surface area contributed by atoms with Gasteiger partial charge in [0.25, 0.3) is 0 Å². The van der Waals surface area contributed by atoms with Gasteiger partial charge < -0.3 is 25.2 Å². The second-order valence-corrected chi connectivity index (χ2v) is 5.88. The number of guanidine groups is 1. The van der Waals surface area contributed by atoms with Crippen LogP contribution in [0.5, 0.6) is 11.5 Å². The molecule has 1 aliphatic rings. The summed E-state index contributed by atoms with van der Waals surface area (Å²) < 4.78 is 10.8. The Kier molecular flexibility index (Phi) is 7.68. The molecule has 3 N–H and O–H groups in total. The Balaban J connectivity index is 2.01. The molecule has 1 saturated carbocycles. The van der Waals surface area contributed by atoms with Crippen LogP contribution >= 0.6 is 0 Å². The number of aliphatic hydroxyl groups excluding tert-OH is 1. The molecule has 0 unspecified atom stereocenters. The Morgan fingerprint density at radius 3 is 2.75 bits per heavy atom. The molecule has 1 fully saturated rings. The number of nitrogens with one attached hydrogen (secondary N) is 2. The minimum atomic E-state index is -0.0198. The van der Waals surface area contributed by atoms with E-state index in [4.69, 9.17) is 14.6 Å². The van der Waals surface area contributed by atoms with Crippen molar-refractivity contribution in [2.24, 2.45) is 4.99 Å². The number of ether oxygens (including phenoxy) is 2. The SMILES string of the molecule is CCNC(=NCc1ccc(OCCO)c(OC)c1)NC1CCCC1. The topological polar surface area (TPSA) is 75.1 Å². The van der Waals surface area contributed by atoms with Gasteiger partial charge in [0.05, 0.1) is 20.3 Å². The Bertz CT molecular complexity index is 528. The summed E-state index contributed by atoms with van der Waals surface area (Å²) in [5, 5.41) is 15.7. The highest BCUT2D eigenvalue weighted by Gasteiger charge is 2.15. The zero-order valence-electron chi connectivity index (χ0n) is 14.7. The minimum Gasteiger partial charge on any atom is -0.493 e. The summed E-state index contributed by atoms with van der Waals surface area (Å²) in [5.41, 5.74) is 1.05. The number of aliphatic imine (C=N–C) groups is 1. The average molecular weight is 335 g/mol. The van der Waals surface area contributed by atoms with Crippen molar-refractivity contribution in [2.45, 2.75) is 45.2 Å². The summed E-state index contributed by atoms with van der Waals surface area (Å²) >= 11 is 0. The van der Waals surface area contributed by atoms with Gasteiger partial charge in [-0.3, -0.25) is 0 Å². The first-order valence-electron chi connectivity index (χ1n) is 8.72.